The summed E-state index contributed by atoms with van der Waals surface area (Å²) in [5.41, 5.74) is 0. The second-order valence-electron chi connectivity index (χ2n) is 13.6. The lowest BCUT2D eigenvalue weighted by Crippen LogP contribution is -2.31. The van der Waals surface area contributed by atoms with Gasteiger partial charge < -0.3 is 67.3 Å². The number of nitrogens with one attached hydrogen (secondary N) is 1. The van der Waals surface area contributed by atoms with Crippen LogP contribution in [0.4, 0.5) is 0 Å². The summed E-state index contributed by atoms with van der Waals surface area (Å²) in [4.78, 5) is 21.7. The molecule has 0 heterocycles. The number of carbonyl (C=O) groups excluding carboxylic acids is 1. The maximum absolute atomic E-state index is 11.4. The number of unbranched alkanes of at least 4 members (excludes halogenated alkanes) is 13. The van der Waals surface area contributed by atoms with E-state index in [1.165, 1.54) is 83.5 Å². The van der Waals surface area contributed by atoms with E-state index < -0.39 is 18.5 Å². The Hall–Kier alpha value is -1.54. The van der Waals surface area contributed by atoms with Crippen LogP contribution in [0.25, 0.3) is 0 Å². The normalized spacial score (nSPS) is 11.5. The lowest BCUT2D eigenvalue weighted by atomic mass is 10.0. The van der Waals surface area contributed by atoms with Crippen LogP contribution in [-0.4, -0.2) is 182 Å². The minimum atomic E-state index is -1.12. The summed E-state index contributed by atoms with van der Waals surface area (Å²) in [6, 6.07) is 0. The second-order valence-corrected chi connectivity index (χ2v) is 13.6. The molecule has 0 spiro atoms. The van der Waals surface area contributed by atoms with Gasteiger partial charge in [-0.3, -0.25) is 4.79 Å². The molecule has 0 saturated carbocycles. The highest BCUT2D eigenvalue weighted by Crippen LogP contribution is 2.13. The van der Waals surface area contributed by atoms with Gasteiger partial charge in [-0.2, -0.15) is 0 Å². The van der Waals surface area contributed by atoms with Gasteiger partial charge in [0.1, 0.15) is 13.2 Å². The first-order valence-electron chi connectivity index (χ1n) is 22.1. The van der Waals surface area contributed by atoms with E-state index in [9.17, 15) is 9.59 Å². The van der Waals surface area contributed by atoms with E-state index in [2.05, 4.69) is 17.0 Å². The van der Waals surface area contributed by atoms with Crippen LogP contribution in [-0.2, 0) is 66.4 Å². The minimum absolute atomic E-state index is 0.300. The maximum Gasteiger partial charge on any atom is 0.329 e. The fourth-order valence-corrected chi connectivity index (χ4v) is 5.24. The average molecular weight is 842 g/mol. The molecule has 0 fully saturated rings. The number of carbonyl (C=O) groups is 2. The third-order valence-corrected chi connectivity index (χ3v) is 8.39. The van der Waals surface area contributed by atoms with Crippen molar-refractivity contribution in [2.75, 3.05) is 165 Å². The molecule has 0 saturated heterocycles. The second kappa shape index (κ2) is 51.6. The number of carboxylic acid groups (broad SMARTS) is 1. The molecule has 0 bridgehead atoms. The Kier molecular flexibility index (Phi) is 50.2. The highest BCUT2D eigenvalue weighted by Gasteiger charge is 2.03. The molecule has 0 aliphatic rings. The summed E-state index contributed by atoms with van der Waals surface area (Å²) < 4.78 is 65.1. The monoisotopic (exact) mass is 842 g/mol. The lowest BCUT2D eigenvalue weighted by molar-refractivity contribution is -0.143. The molecule has 0 aromatic heterocycles. The Labute approximate surface area is 350 Å². The van der Waals surface area contributed by atoms with E-state index in [-0.39, 0.29) is 6.61 Å². The molecule has 16 heteroatoms. The molecule has 0 atom stereocenters. The molecule has 16 nitrogen and oxygen atoms in total. The van der Waals surface area contributed by atoms with Crippen LogP contribution in [0, 0.1) is 0 Å². The summed E-state index contributed by atoms with van der Waals surface area (Å²) in [6.07, 6.45) is 19.2. The molecule has 58 heavy (non-hydrogen) atoms. The van der Waals surface area contributed by atoms with Gasteiger partial charge in [-0.15, -0.1) is 0 Å². The van der Waals surface area contributed by atoms with Gasteiger partial charge in [-0.1, -0.05) is 90.4 Å². The number of carboxylic acids is 1. The Morgan fingerprint density at radius 3 is 0.879 bits per heavy atom. The predicted molar refractivity (Wildman–Crippen MR) is 221 cm³/mol. The van der Waals surface area contributed by atoms with Gasteiger partial charge in [-0.05, 0) is 6.42 Å². The van der Waals surface area contributed by atoms with Crippen LogP contribution in [0.15, 0.2) is 0 Å². The molecular formula is C42H83NO15. The number of ether oxygens (including phenoxy) is 12. The zero-order valence-electron chi connectivity index (χ0n) is 36.2. The van der Waals surface area contributed by atoms with Crippen LogP contribution in [0.5, 0.6) is 0 Å². The van der Waals surface area contributed by atoms with Gasteiger partial charge >= 0.3 is 5.97 Å². The van der Waals surface area contributed by atoms with E-state index in [1.54, 1.807) is 0 Å². The minimum Gasteiger partial charge on any atom is -0.480 e. The third kappa shape index (κ3) is 52.5. The van der Waals surface area contributed by atoms with Crippen molar-refractivity contribution < 1.29 is 71.5 Å². The van der Waals surface area contributed by atoms with E-state index in [4.69, 9.17) is 57.2 Å². The molecule has 0 rings (SSSR count). The van der Waals surface area contributed by atoms with Gasteiger partial charge in [0, 0.05) is 13.2 Å². The van der Waals surface area contributed by atoms with Crippen LogP contribution in [0.1, 0.15) is 96.8 Å². The Balaban J connectivity index is 3.09. The number of hydrogen-bond donors (Lipinski definition) is 2. The Morgan fingerprint density at radius 1 is 0.328 bits per heavy atom. The van der Waals surface area contributed by atoms with Crippen molar-refractivity contribution in [2.24, 2.45) is 0 Å². The predicted octanol–water partition coefficient (Wildman–Crippen LogP) is 4.87. The molecule has 0 aromatic rings. The van der Waals surface area contributed by atoms with Crippen LogP contribution >= 0.6 is 0 Å². The summed E-state index contributed by atoms with van der Waals surface area (Å²) in [5.74, 6) is -1.52. The van der Waals surface area contributed by atoms with E-state index in [1.807, 2.05) is 0 Å². The van der Waals surface area contributed by atoms with Crippen molar-refractivity contribution in [1.29, 1.82) is 0 Å². The van der Waals surface area contributed by atoms with Crippen LogP contribution in [0.2, 0.25) is 0 Å². The van der Waals surface area contributed by atoms with Gasteiger partial charge in [0.15, 0.2) is 0 Å². The number of hydrogen-bond acceptors (Lipinski definition) is 14. The number of aliphatic carboxylic acids is 1. The zero-order chi connectivity index (χ0) is 41.9. The van der Waals surface area contributed by atoms with Gasteiger partial charge in [0.2, 0.25) is 5.91 Å². The van der Waals surface area contributed by atoms with Crippen LogP contribution < -0.4 is 5.32 Å². The Bertz CT molecular complexity index is 815. The van der Waals surface area contributed by atoms with Crippen molar-refractivity contribution in [3.63, 3.8) is 0 Å². The fraction of sp³-hybridized carbons (Fsp3) is 0.952. The quantitative estimate of drug-likeness (QED) is 0.0793. The van der Waals surface area contributed by atoms with E-state index in [0.717, 1.165) is 13.0 Å². The highest BCUT2D eigenvalue weighted by atomic mass is 16.6. The zero-order valence-corrected chi connectivity index (χ0v) is 36.2. The summed E-state index contributed by atoms with van der Waals surface area (Å²) in [5, 5.41) is 11.0. The maximum atomic E-state index is 11.4. The fourth-order valence-electron chi connectivity index (χ4n) is 5.24. The standard InChI is InChI=1S/C42H83NO15/c1-2-3-4-5-6-7-8-9-10-11-12-13-14-15-17-47-19-21-49-23-25-51-27-29-53-31-33-55-35-37-57-38-36-56-34-32-54-30-28-52-26-24-50-22-20-48-18-16-43-41(44)39-58-40-42(45)46/h2-40H2,1H3,(H,43,44)(H,45,46). The largest absolute Gasteiger partial charge is 0.480 e. The molecule has 0 aliphatic heterocycles. The average Bonchev–Trinajstić information content (AvgIpc) is 3.21. The number of rotatable bonds is 52. The van der Waals surface area contributed by atoms with E-state index >= 15 is 0 Å². The summed E-state index contributed by atoms with van der Waals surface area (Å²) in [7, 11) is 0. The smallest absolute Gasteiger partial charge is 0.329 e. The van der Waals surface area contributed by atoms with Crippen molar-refractivity contribution in [3.05, 3.63) is 0 Å². The van der Waals surface area contributed by atoms with Crippen LogP contribution in [0.3, 0.4) is 0 Å². The lowest BCUT2D eigenvalue weighted by Gasteiger charge is -2.09. The first-order valence-corrected chi connectivity index (χ1v) is 22.1. The molecular weight excluding hydrogens is 758 g/mol. The van der Waals surface area contributed by atoms with Crippen molar-refractivity contribution in [3.8, 4) is 0 Å². The molecule has 2 N–H and O–H groups in total. The molecule has 0 aliphatic carbocycles. The third-order valence-electron chi connectivity index (χ3n) is 8.39. The van der Waals surface area contributed by atoms with Crippen molar-refractivity contribution in [2.45, 2.75) is 96.8 Å². The van der Waals surface area contributed by atoms with Gasteiger partial charge in [0.05, 0.1) is 139 Å². The van der Waals surface area contributed by atoms with Gasteiger partial charge in [0.25, 0.3) is 0 Å². The van der Waals surface area contributed by atoms with Crippen molar-refractivity contribution in [1.82, 2.24) is 5.32 Å². The molecule has 0 aromatic carbocycles. The molecule has 0 unspecified atom stereocenters. The van der Waals surface area contributed by atoms with E-state index in [0.29, 0.717) is 145 Å². The highest BCUT2D eigenvalue weighted by molar-refractivity contribution is 5.77. The van der Waals surface area contributed by atoms with Crippen molar-refractivity contribution >= 4 is 11.9 Å². The molecule has 1 amide bonds. The number of amides is 1. The first kappa shape index (κ1) is 56.5. The summed E-state index contributed by atoms with van der Waals surface area (Å²) >= 11 is 0. The summed E-state index contributed by atoms with van der Waals surface area (Å²) in [6.45, 7) is 12.9. The Morgan fingerprint density at radius 2 is 0.586 bits per heavy atom. The molecule has 346 valence electrons. The van der Waals surface area contributed by atoms with Gasteiger partial charge in [-0.25, -0.2) is 4.79 Å². The SMILES string of the molecule is CCCCCCCCCCCCCCCCOCCOCCOCCOCCOCCOCCOCCOCCOCCOCCOCCNC(=O)COCC(=O)O. The topological polar surface area (TPSA) is 177 Å². The first-order chi connectivity index (χ1) is 28.7. The molecule has 0 radical (unpaired) electrons.